The quantitative estimate of drug-likeness (QED) is 0.839. The summed E-state index contributed by atoms with van der Waals surface area (Å²) in [6.07, 6.45) is 0. The minimum Gasteiger partial charge on any atom is -0.345 e. The van der Waals surface area contributed by atoms with Crippen LogP contribution in [0, 0.1) is 13.8 Å². The van der Waals surface area contributed by atoms with Crippen molar-refractivity contribution in [2.75, 3.05) is 31.5 Å². The summed E-state index contributed by atoms with van der Waals surface area (Å²) in [7, 11) is 0. The normalized spacial score (nSPS) is 14.3. The van der Waals surface area contributed by atoms with E-state index in [1.165, 1.54) is 11.1 Å². The van der Waals surface area contributed by atoms with Crippen molar-refractivity contribution in [1.82, 2.24) is 9.80 Å². The summed E-state index contributed by atoms with van der Waals surface area (Å²) in [5.41, 5.74) is 4.17. The largest absolute Gasteiger partial charge is 0.345 e. The summed E-state index contributed by atoms with van der Waals surface area (Å²) in [6.45, 7) is 7.00. The highest BCUT2D eigenvalue weighted by Gasteiger charge is 2.23. The van der Waals surface area contributed by atoms with Gasteiger partial charge in [-0.25, -0.2) is 0 Å². The topological polar surface area (TPSA) is 35.6 Å². The van der Waals surface area contributed by atoms with E-state index in [0.717, 1.165) is 29.5 Å². The molecule has 0 spiro atoms. The number of benzene rings is 2. The third kappa shape index (κ3) is 4.17. The van der Waals surface area contributed by atoms with Crippen LogP contribution in [-0.2, 0) is 0 Å². The van der Waals surface area contributed by atoms with Crippen LogP contribution in [0.2, 0.25) is 0 Å². The van der Waals surface area contributed by atoms with Crippen LogP contribution in [0.25, 0.3) is 0 Å². The highest BCUT2D eigenvalue weighted by Crippen LogP contribution is 2.17. The predicted molar refractivity (Wildman–Crippen MR) is 106 cm³/mol. The second kappa shape index (κ2) is 7.66. The summed E-state index contributed by atoms with van der Waals surface area (Å²) in [5, 5.41) is 4.07. The van der Waals surface area contributed by atoms with E-state index in [-0.39, 0.29) is 5.91 Å². The summed E-state index contributed by atoms with van der Waals surface area (Å²) >= 11 is 5.57. The van der Waals surface area contributed by atoms with Gasteiger partial charge in [0.15, 0.2) is 5.11 Å². The molecule has 0 bridgehead atoms. The summed E-state index contributed by atoms with van der Waals surface area (Å²) in [6, 6.07) is 15.7. The van der Waals surface area contributed by atoms with Gasteiger partial charge in [0.05, 0.1) is 0 Å². The third-order valence-corrected chi connectivity index (χ3v) is 4.87. The van der Waals surface area contributed by atoms with E-state index in [1.54, 1.807) is 0 Å². The molecule has 5 heteroatoms. The van der Waals surface area contributed by atoms with Crippen molar-refractivity contribution in [1.29, 1.82) is 0 Å². The molecule has 2 aromatic rings. The van der Waals surface area contributed by atoms with Crippen LogP contribution in [0.15, 0.2) is 48.5 Å². The van der Waals surface area contributed by atoms with Crippen molar-refractivity contribution in [3.05, 3.63) is 65.2 Å². The fourth-order valence-electron chi connectivity index (χ4n) is 2.94. The molecule has 0 aliphatic carbocycles. The zero-order valence-corrected chi connectivity index (χ0v) is 15.5. The fourth-order valence-corrected chi connectivity index (χ4v) is 3.23. The Morgan fingerprint density at radius 2 is 1.60 bits per heavy atom. The van der Waals surface area contributed by atoms with Crippen molar-refractivity contribution in [2.24, 2.45) is 0 Å². The smallest absolute Gasteiger partial charge is 0.253 e. The van der Waals surface area contributed by atoms with Gasteiger partial charge >= 0.3 is 0 Å². The van der Waals surface area contributed by atoms with Gasteiger partial charge in [0.2, 0.25) is 0 Å². The SMILES string of the molecule is Cc1ccc(C)c(NC(=S)N2CCN(C(=O)c3ccccc3)CC2)c1. The van der Waals surface area contributed by atoms with E-state index in [1.807, 2.05) is 35.2 Å². The Labute approximate surface area is 154 Å². The number of piperazine rings is 1. The molecule has 25 heavy (non-hydrogen) atoms. The van der Waals surface area contributed by atoms with E-state index in [2.05, 4.69) is 42.3 Å². The van der Waals surface area contributed by atoms with Gasteiger partial charge in [0.1, 0.15) is 0 Å². The van der Waals surface area contributed by atoms with Crippen LogP contribution >= 0.6 is 12.2 Å². The van der Waals surface area contributed by atoms with Gasteiger partial charge in [-0.3, -0.25) is 4.79 Å². The van der Waals surface area contributed by atoms with E-state index in [4.69, 9.17) is 12.2 Å². The molecule has 4 nitrogen and oxygen atoms in total. The molecule has 1 fully saturated rings. The lowest BCUT2D eigenvalue weighted by Crippen LogP contribution is -2.51. The first-order chi connectivity index (χ1) is 12.0. The number of amides is 1. The lowest BCUT2D eigenvalue weighted by molar-refractivity contribution is 0.0693. The van der Waals surface area contributed by atoms with E-state index in [9.17, 15) is 4.79 Å². The maximum absolute atomic E-state index is 12.5. The van der Waals surface area contributed by atoms with Crippen LogP contribution in [0.5, 0.6) is 0 Å². The Balaban J connectivity index is 1.57. The number of hydrogen-bond donors (Lipinski definition) is 1. The number of hydrogen-bond acceptors (Lipinski definition) is 2. The van der Waals surface area contributed by atoms with Crippen LogP contribution < -0.4 is 5.32 Å². The molecule has 1 aliphatic rings. The highest BCUT2D eigenvalue weighted by molar-refractivity contribution is 7.80. The first kappa shape index (κ1) is 17.4. The minimum atomic E-state index is 0.0913. The monoisotopic (exact) mass is 353 g/mol. The number of nitrogens with zero attached hydrogens (tertiary/aromatic N) is 2. The number of anilines is 1. The number of thiocarbonyl (C=S) groups is 1. The van der Waals surface area contributed by atoms with Crippen LogP contribution in [0.4, 0.5) is 5.69 Å². The zero-order valence-electron chi connectivity index (χ0n) is 14.7. The first-order valence-electron chi connectivity index (χ1n) is 8.52. The number of aryl methyl sites for hydroxylation is 2. The standard InChI is InChI=1S/C20H23N3OS/c1-15-8-9-16(2)18(14-15)21-20(25)23-12-10-22(11-13-23)19(24)17-6-4-3-5-7-17/h3-9,14H,10-13H2,1-2H3,(H,21,25). The van der Waals surface area contributed by atoms with Crippen molar-refractivity contribution in [3.63, 3.8) is 0 Å². The number of nitrogens with one attached hydrogen (secondary N) is 1. The number of carbonyl (C=O) groups is 1. The lowest BCUT2D eigenvalue weighted by atomic mass is 10.1. The minimum absolute atomic E-state index is 0.0913. The second-order valence-electron chi connectivity index (χ2n) is 6.39. The van der Waals surface area contributed by atoms with Crippen LogP contribution in [-0.4, -0.2) is 47.0 Å². The van der Waals surface area contributed by atoms with Gasteiger partial charge in [-0.05, 0) is 55.4 Å². The van der Waals surface area contributed by atoms with Crippen LogP contribution in [0.3, 0.4) is 0 Å². The Kier molecular flexibility index (Phi) is 5.34. The van der Waals surface area contributed by atoms with Crippen molar-refractivity contribution < 1.29 is 4.79 Å². The highest BCUT2D eigenvalue weighted by atomic mass is 32.1. The number of rotatable bonds is 2. The van der Waals surface area contributed by atoms with E-state index in [0.29, 0.717) is 13.1 Å². The average Bonchev–Trinajstić information content (AvgIpc) is 2.65. The Morgan fingerprint density at radius 3 is 2.28 bits per heavy atom. The molecule has 2 aromatic carbocycles. The third-order valence-electron chi connectivity index (χ3n) is 4.51. The van der Waals surface area contributed by atoms with Crippen molar-refractivity contribution in [2.45, 2.75) is 13.8 Å². The van der Waals surface area contributed by atoms with Gasteiger partial charge in [-0.1, -0.05) is 30.3 Å². The molecule has 0 radical (unpaired) electrons. The predicted octanol–water partition coefficient (Wildman–Crippen LogP) is 3.46. The second-order valence-corrected chi connectivity index (χ2v) is 6.78. The molecule has 130 valence electrons. The zero-order chi connectivity index (χ0) is 17.8. The Morgan fingerprint density at radius 1 is 0.960 bits per heavy atom. The average molecular weight is 353 g/mol. The Bertz CT molecular complexity index is 768. The molecule has 1 saturated heterocycles. The van der Waals surface area contributed by atoms with Crippen molar-refractivity contribution >= 4 is 28.9 Å². The van der Waals surface area contributed by atoms with Gasteiger partial charge in [-0.2, -0.15) is 0 Å². The molecule has 1 N–H and O–H groups in total. The summed E-state index contributed by atoms with van der Waals surface area (Å²) in [5.74, 6) is 0.0913. The van der Waals surface area contributed by atoms with Gasteiger partial charge in [-0.15, -0.1) is 0 Å². The molecule has 0 unspecified atom stereocenters. The maximum atomic E-state index is 12.5. The summed E-state index contributed by atoms with van der Waals surface area (Å²) in [4.78, 5) is 16.5. The first-order valence-corrected chi connectivity index (χ1v) is 8.93. The Hall–Kier alpha value is -2.40. The van der Waals surface area contributed by atoms with Crippen LogP contribution in [0.1, 0.15) is 21.5 Å². The molecular weight excluding hydrogens is 330 g/mol. The molecule has 1 heterocycles. The molecular formula is C20H23N3OS. The number of carbonyl (C=O) groups excluding carboxylic acids is 1. The van der Waals surface area contributed by atoms with E-state index >= 15 is 0 Å². The molecule has 0 atom stereocenters. The van der Waals surface area contributed by atoms with E-state index < -0.39 is 0 Å². The van der Waals surface area contributed by atoms with Gasteiger partial charge < -0.3 is 15.1 Å². The molecule has 3 rings (SSSR count). The molecule has 0 saturated carbocycles. The molecule has 0 aromatic heterocycles. The fraction of sp³-hybridized carbons (Fsp3) is 0.300. The maximum Gasteiger partial charge on any atom is 0.253 e. The molecule has 1 amide bonds. The van der Waals surface area contributed by atoms with Gasteiger partial charge in [0.25, 0.3) is 5.91 Å². The molecule has 1 aliphatic heterocycles. The van der Waals surface area contributed by atoms with Crippen molar-refractivity contribution in [3.8, 4) is 0 Å². The lowest BCUT2D eigenvalue weighted by Gasteiger charge is -2.36. The van der Waals surface area contributed by atoms with Gasteiger partial charge in [0, 0.05) is 37.4 Å². The summed E-state index contributed by atoms with van der Waals surface area (Å²) < 4.78 is 0.